The third kappa shape index (κ3) is 12.9. The van der Waals surface area contributed by atoms with E-state index in [1.165, 1.54) is 12.1 Å². The second-order valence-corrected chi connectivity index (χ2v) is 10.0. The summed E-state index contributed by atoms with van der Waals surface area (Å²) < 4.78 is 29.9. The van der Waals surface area contributed by atoms with Crippen molar-refractivity contribution in [1.29, 1.82) is 0 Å². The van der Waals surface area contributed by atoms with E-state index in [1.54, 1.807) is 6.07 Å². The lowest BCUT2D eigenvalue weighted by Gasteiger charge is -2.15. The molecule has 0 atom stereocenters. The molecule has 0 saturated heterocycles. The zero-order valence-electron chi connectivity index (χ0n) is 19.2. The van der Waals surface area contributed by atoms with Crippen LogP contribution in [-0.4, -0.2) is 49.3 Å². The fourth-order valence-electron chi connectivity index (χ4n) is 3.29. The van der Waals surface area contributed by atoms with Crippen molar-refractivity contribution >= 4 is 33.4 Å². The second-order valence-electron chi connectivity index (χ2n) is 8.02. The molecule has 0 saturated carbocycles. The highest BCUT2D eigenvalue weighted by molar-refractivity contribution is 7.90. The van der Waals surface area contributed by atoms with Gasteiger partial charge in [0.25, 0.3) is 0 Å². The minimum atomic E-state index is -3.61. The number of nitrogens with one attached hydrogen (secondary N) is 1. The van der Waals surface area contributed by atoms with E-state index in [2.05, 4.69) is 5.32 Å². The minimum Gasteiger partial charge on any atom is -0.491 e. The number of carbonyl (C=O) groups excluding carboxylic acids is 1. The zero-order chi connectivity index (χ0) is 24.7. The summed E-state index contributed by atoms with van der Waals surface area (Å²) in [5, 5.41) is 20.0. The SMILES string of the molecule is CS(=O)(=O)c1cccc(OCCCC(=O)O)c1NC(=O)CCCCCCCCCCC(=O)O. The molecule has 1 amide bonds. The summed E-state index contributed by atoms with van der Waals surface area (Å²) in [7, 11) is -3.61. The Kier molecular flexibility index (Phi) is 13.1. The van der Waals surface area contributed by atoms with Gasteiger partial charge in [0.1, 0.15) is 11.4 Å². The molecule has 0 unspecified atom stereocenters. The van der Waals surface area contributed by atoms with Gasteiger partial charge in [-0.25, -0.2) is 8.42 Å². The van der Waals surface area contributed by atoms with Gasteiger partial charge < -0.3 is 20.3 Å². The van der Waals surface area contributed by atoms with E-state index in [-0.39, 0.29) is 54.5 Å². The van der Waals surface area contributed by atoms with E-state index in [0.29, 0.717) is 12.8 Å². The predicted octanol–water partition coefficient (Wildman–Crippen LogP) is 4.26. The third-order valence-corrected chi connectivity index (χ3v) is 6.13. The molecular formula is C23H35NO8S. The van der Waals surface area contributed by atoms with Crippen molar-refractivity contribution in [2.24, 2.45) is 0 Å². The van der Waals surface area contributed by atoms with Crippen LogP contribution in [0.15, 0.2) is 23.1 Å². The Morgan fingerprint density at radius 3 is 1.88 bits per heavy atom. The monoisotopic (exact) mass is 485 g/mol. The van der Waals surface area contributed by atoms with Crippen LogP contribution in [0.1, 0.15) is 77.0 Å². The van der Waals surface area contributed by atoms with E-state index in [4.69, 9.17) is 14.9 Å². The molecule has 186 valence electrons. The largest absolute Gasteiger partial charge is 0.491 e. The first-order valence-electron chi connectivity index (χ1n) is 11.3. The molecule has 0 spiro atoms. The molecule has 1 rings (SSSR count). The van der Waals surface area contributed by atoms with Gasteiger partial charge in [-0.3, -0.25) is 14.4 Å². The van der Waals surface area contributed by atoms with Crippen LogP contribution in [-0.2, 0) is 24.2 Å². The standard InChI is InChI=1S/C23H35NO8S/c1-33(30,31)19-13-10-12-18(32-17-11-16-22(28)29)23(19)24-20(25)14-8-6-4-2-3-5-7-9-15-21(26)27/h10,12-13H,2-9,11,14-17H2,1H3,(H,24,25)(H,26,27)(H,28,29). The Labute approximate surface area is 195 Å². The highest BCUT2D eigenvalue weighted by atomic mass is 32.2. The maximum Gasteiger partial charge on any atom is 0.303 e. The molecule has 33 heavy (non-hydrogen) atoms. The van der Waals surface area contributed by atoms with E-state index in [1.807, 2.05) is 0 Å². The van der Waals surface area contributed by atoms with Crippen LogP contribution in [0.5, 0.6) is 5.75 Å². The van der Waals surface area contributed by atoms with Crippen LogP contribution in [0.4, 0.5) is 5.69 Å². The summed E-state index contributed by atoms with van der Waals surface area (Å²) in [5.74, 6) is -1.82. The van der Waals surface area contributed by atoms with Gasteiger partial charge in [-0.1, -0.05) is 44.6 Å². The Bertz CT molecular complexity index is 882. The van der Waals surface area contributed by atoms with Crippen molar-refractivity contribution in [2.75, 3.05) is 18.2 Å². The highest BCUT2D eigenvalue weighted by Gasteiger charge is 2.19. The smallest absolute Gasteiger partial charge is 0.303 e. The molecule has 0 bridgehead atoms. The molecule has 0 radical (unpaired) electrons. The van der Waals surface area contributed by atoms with E-state index in [9.17, 15) is 22.8 Å². The molecule has 3 N–H and O–H groups in total. The highest BCUT2D eigenvalue weighted by Crippen LogP contribution is 2.32. The molecular weight excluding hydrogens is 450 g/mol. The van der Waals surface area contributed by atoms with E-state index >= 15 is 0 Å². The van der Waals surface area contributed by atoms with Crippen LogP contribution in [0.25, 0.3) is 0 Å². The molecule has 1 aromatic rings. The maximum absolute atomic E-state index is 12.4. The quantitative estimate of drug-likeness (QED) is 0.261. The number of amides is 1. The number of aliphatic carboxylic acids is 2. The predicted molar refractivity (Wildman–Crippen MR) is 124 cm³/mol. The summed E-state index contributed by atoms with van der Waals surface area (Å²) in [6.07, 6.45) is 8.89. The number of rotatable bonds is 18. The Hall–Kier alpha value is -2.62. The number of carboxylic acid groups (broad SMARTS) is 2. The van der Waals surface area contributed by atoms with Gasteiger partial charge in [0.15, 0.2) is 9.84 Å². The number of para-hydroxylation sites is 1. The average Bonchev–Trinajstić information content (AvgIpc) is 2.72. The van der Waals surface area contributed by atoms with Gasteiger partial charge in [-0.15, -0.1) is 0 Å². The maximum atomic E-state index is 12.4. The number of anilines is 1. The number of sulfone groups is 1. The molecule has 0 aliphatic heterocycles. The lowest BCUT2D eigenvalue weighted by atomic mass is 10.1. The zero-order valence-corrected chi connectivity index (χ0v) is 20.0. The van der Waals surface area contributed by atoms with Crippen molar-refractivity contribution < 1.29 is 37.8 Å². The van der Waals surface area contributed by atoms with Gasteiger partial charge in [0.2, 0.25) is 5.91 Å². The number of benzene rings is 1. The van der Waals surface area contributed by atoms with E-state index in [0.717, 1.165) is 44.8 Å². The first-order chi connectivity index (χ1) is 15.6. The van der Waals surface area contributed by atoms with Crippen molar-refractivity contribution in [3.8, 4) is 5.75 Å². The summed E-state index contributed by atoms with van der Waals surface area (Å²) in [6.45, 7) is 0.0820. The lowest BCUT2D eigenvalue weighted by molar-refractivity contribution is -0.138. The molecule has 9 nitrogen and oxygen atoms in total. The summed E-state index contributed by atoms with van der Waals surface area (Å²) >= 11 is 0. The van der Waals surface area contributed by atoms with Crippen LogP contribution in [0.3, 0.4) is 0 Å². The number of hydrogen-bond donors (Lipinski definition) is 3. The molecule has 0 aliphatic rings. The van der Waals surface area contributed by atoms with Crippen molar-refractivity contribution in [2.45, 2.75) is 81.9 Å². The summed E-state index contributed by atoms with van der Waals surface area (Å²) in [6, 6.07) is 4.45. The molecule has 0 aliphatic carbocycles. The van der Waals surface area contributed by atoms with Gasteiger partial charge in [0.05, 0.1) is 11.5 Å². The van der Waals surface area contributed by atoms with Crippen LogP contribution < -0.4 is 10.1 Å². The van der Waals surface area contributed by atoms with E-state index < -0.39 is 21.8 Å². The van der Waals surface area contributed by atoms with Gasteiger partial charge >= 0.3 is 11.9 Å². The normalized spacial score (nSPS) is 11.2. The Morgan fingerprint density at radius 1 is 0.818 bits per heavy atom. The third-order valence-electron chi connectivity index (χ3n) is 4.99. The Balaban J connectivity index is 2.49. The summed E-state index contributed by atoms with van der Waals surface area (Å²) in [4.78, 5) is 33.5. The average molecular weight is 486 g/mol. The van der Waals surface area contributed by atoms with Crippen molar-refractivity contribution in [1.82, 2.24) is 0 Å². The van der Waals surface area contributed by atoms with Crippen molar-refractivity contribution in [3.63, 3.8) is 0 Å². The molecule has 0 fully saturated rings. The van der Waals surface area contributed by atoms with Gasteiger partial charge in [-0.05, 0) is 31.4 Å². The molecule has 0 heterocycles. The first kappa shape index (κ1) is 28.4. The molecule has 10 heteroatoms. The van der Waals surface area contributed by atoms with Crippen LogP contribution >= 0.6 is 0 Å². The van der Waals surface area contributed by atoms with Gasteiger partial charge in [0, 0.05) is 25.5 Å². The molecule has 1 aromatic carbocycles. The molecule has 0 aromatic heterocycles. The number of unbranched alkanes of at least 4 members (excludes halogenated alkanes) is 7. The second kappa shape index (κ2) is 15.3. The van der Waals surface area contributed by atoms with Crippen molar-refractivity contribution in [3.05, 3.63) is 18.2 Å². The topological polar surface area (TPSA) is 147 Å². The first-order valence-corrected chi connectivity index (χ1v) is 13.2. The fraction of sp³-hybridized carbons (Fsp3) is 0.609. The summed E-state index contributed by atoms with van der Waals surface area (Å²) in [5.41, 5.74) is 0.0849. The number of hydrogen-bond acceptors (Lipinski definition) is 6. The van der Waals surface area contributed by atoms with Gasteiger partial charge in [-0.2, -0.15) is 0 Å². The fourth-order valence-corrected chi connectivity index (χ4v) is 4.14. The Morgan fingerprint density at radius 2 is 1.33 bits per heavy atom. The lowest BCUT2D eigenvalue weighted by Crippen LogP contribution is -2.15. The number of carboxylic acids is 2. The number of carbonyl (C=O) groups is 3. The van der Waals surface area contributed by atoms with Crippen LogP contribution in [0.2, 0.25) is 0 Å². The van der Waals surface area contributed by atoms with Crippen LogP contribution in [0, 0.1) is 0 Å². The number of ether oxygens (including phenoxy) is 1. The minimum absolute atomic E-state index is 0.0468.